The van der Waals surface area contributed by atoms with Gasteiger partial charge in [-0.25, -0.2) is 9.97 Å². The summed E-state index contributed by atoms with van der Waals surface area (Å²) in [5.74, 6) is 0.648. The highest BCUT2D eigenvalue weighted by atomic mass is 35.5. The van der Waals surface area contributed by atoms with E-state index < -0.39 is 0 Å². The fraction of sp³-hybridized carbons (Fsp3) is 0.500. The second kappa shape index (κ2) is 5.02. The minimum Gasteiger partial charge on any atom is -0.366 e. The summed E-state index contributed by atoms with van der Waals surface area (Å²) in [5, 5.41) is 3.47. The maximum absolute atomic E-state index is 5.91. The number of aryl methyl sites for hydroxylation is 2. The molecule has 0 aliphatic heterocycles. The highest BCUT2D eigenvalue weighted by Gasteiger charge is 2.12. The lowest BCUT2D eigenvalue weighted by molar-refractivity contribution is 0.759. The van der Waals surface area contributed by atoms with Gasteiger partial charge < -0.3 is 5.32 Å². The average Bonchev–Trinajstić information content (AvgIpc) is 2.31. The van der Waals surface area contributed by atoms with E-state index in [0.717, 1.165) is 17.8 Å². The van der Waals surface area contributed by atoms with Crippen LogP contribution < -0.4 is 5.32 Å². The van der Waals surface area contributed by atoms with Crippen molar-refractivity contribution in [1.82, 2.24) is 19.9 Å². The second-order valence-corrected chi connectivity index (χ2v) is 4.70. The number of anilines is 1. The Bertz CT molecular complexity index is 584. The summed E-state index contributed by atoms with van der Waals surface area (Å²) in [5.41, 5.74) is 2.93. The standard InChI is InChI=1S/C12H16ClN5/c1-5-6(2)14-10-9-11(18-12(13)17-10)16-8(4)7(3)15-9/h6H,5H2,1-4H3,(H,14,16,17,18). The molecule has 2 rings (SSSR count). The van der Waals surface area contributed by atoms with Crippen molar-refractivity contribution in [3.63, 3.8) is 0 Å². The number of rotatable bonds is 3. The first-order valence-corrected chi connectivity index (χ1v) is 6.34. The Kier molecular flexibility index (Phi) is 3.61. The summed E-state index contributed by atoms with van der Waals surface area (Å²) in [6.45, 7) is 8.00. The Labute approximate surface area is 111 Å². The minimum atomic E-state index is 0.186. The van der Waals surface area contributed by atoms with E-state index in [0.29, 0.717) is 23.0 Å². The lowest BCUT2D eigenvalue weighted by Gasteiger charge is -2.13. The van der Waals surface area contributed by atoms with Gasteiger partial charge in [-0.05, 0) is 38.8 Å². The molecule has 0 aliphatic carbocycles. The Morgan fingerprint density at radius 2 is 1.78 bits per heavy atom. The van der Waals surface area contributed by atoms with Gasteiger partial charge in [0.05, 0.1) is 11.4 Å². The van der Waals surface area contributed by atoms with Gasteiger partial charge >= 0.3 is 0 Å². The maximum atomic E-state index is 5.91. The van der Waals surface area contributed by atoms with E-state index in [1.807, 2.05) is 13.8 Å². The van der Waals surface area contributed by atoms with Crippen LogP contribution in [-0.4, -0.2) is 26.0 Å². The molecule has 1 N–H and O–H groups in total. The van der Waals surface area contributed by atoms with Gasteiger partial charge in [0.2, 0.25) is 5.28 Å². The molecule has 0 bridgehead atoms. The number of hydrogen-bond acceptors (Lipinski definition) is 5. The zero-order valence-electron chi connectivity index (χ0n) is 11.0. The molecule has 6 heteroatoms. The molecule has 2 aromatic rings. The number of nitrogens with one attached hydrogen (secondary N) is 1. The number of aromatic nitrogens is 4. The van der Waals surface area contributed by atoms with Crippen molar-refractivity contribution in [2.75, 3.05) is 5.32 Å². The summed E-state index contributed by atoms with van der Waals surface area (Å²) in [6, 6.07) is 0.294. The minimum absolute atomic E-state index is 0.186. The normalized spacial score (nSPS) is 12.7. The molecule has 0 aliphatic rings. The van der Waals surface area contributed by atoms with Crippen LogP contribution in [0.2, 0.25) is 5.28 Å². The molecule has 0 aromatic carbocycles. The van der Waals surface area contributed by atoms with Crippen LogP contribution in [0, 0.1) is 13.8 Å². The fourth-order valence-electron chi connectivity index (χ4n) is 1.52. The quantitative estimate of drug-likeness (QED) is 0.865. The largest absolute Gasteiger partial charge is 0.366 e. The van der Waals surface area contributed by atoms with Crippen molar-refractivity contribution in [2.24, 2.45) is 0 Å². The predicted molar refractivity (Wildman–Crippen MR) is 73.0 cm³/mol. The van der Waals surface area contributed by atoms with Crippen molar-refractivity contribution < 1.29 is 0 Å². The van der Waals surface area contributed by atoms with Crippen LogP contribution in [0.15, 0.2) is 0 Å². The molecule has 18 heavy (non-hydrogen) atoms. The average molecular weight is 266 g/mol. The molecule has 1 atom stereocenters. The van der Waals surface area contributed by atoms with E-state index in [9.17, 15) is 0 Å². The van der Waals surface area contributed by atoms with Crippen molar-refractivity contribution >= 4 is 28.6 Å². The SMILES string of the molecule is CCC(C)Nc1nc(Cl)nc2nc(C)c(C)nc12. The molecule has 0 saturated carbocycles. The van der Waals surface area contributed by atoms with Crippen LogP contribution in [-0.2, 0) is 0 Å². The molecule has 0 saturated heterocycles. The van der Waals surface area contributed by atoms with Gasteiger partial charge in [0.1, 0.15) is 0 Å². The predicted octanol–water partition coefficient (Wildman–Crippen LogP) is 2.90. The third kappa shape index (κ3) is 2.51. The van der Waals surface area contributed by atoms with E-state index in [1.54, 1.807) is 0 Å². The molecule has 0 amide bonds. The highest BCUT2D eigenvalue weighted by molar-refractivity contribution is 6.28. The summed E-state index contributed by atoms with van der Waals surface area (Å²) in [7, 11) is 0. The van der Waals surface area contributed by atoms with Crippen LogP contribution >= 0.6 is 11.6 Å². The molecular weight excluding hydrogens is 250 g/mol. The van der Waals surface area contributed by atoms with E-state index in [-0.39, 0.29) is 5.28 Å². The van der Waals surface area contributed by atoms with Crippen molar-refractivity contribution in [2.45, 2.75) is 40.2 Å². The van der Waals surface area contributed by atoms with Crippen molar-refractivity contribution in [3.8, 4) is 0 Å². The van der Waals surface area contributed by atoms with Gasteiger partial charge in [0.15, 0.2) is 17.0 Å². The first-order chi connectivity index (χ1) is 8.51. The van der Waals surface area contributed by atoms with Crippen LogP contribution in [0.3, 0.4) is 0 Å². The van der Waals surface area contributed by atoms with E-state index in [1.165, 1.54) is 0 Å². The molecule has 2 heterocycles. The topological polar surface area (TPSA) is 63.6 Å². The van der Waals surface area contributed by atoms with Gasteiger partial charge in [0.25, 0.3) is 0 Å². The molecule has 1 unspecified atom stereocenters. The third-order valence-electron chi connectivity index (χ3n) is 2.91. The molecule has 0 fully saturated rings. The number of halogens is 1. The first kappa shape index (κ1) is 13.0. The van der Waals surface area contributed by atoms with Gasteiger partial charge in [-0.15, -0.1) is 0 Å². The Balaban J connectivity index is 2.60. The maximum Gasteiger partial charge on any atom is 0.226 e. The van der Waals surface area contributed by atoms with Crippen LogP contribution in [0.4, 0.5) is 5.82 Å². The van der Waals surface area contributed by atoms with Crippen LogP contribution in [0.5, 0.6) is 0 Å². The monoisotopic (exact) mass is 265 g/mol. The zero-order valence-corrected chi connectivity index (χ0v) is 11.7. The highest BCUT2D eigenvalue weighted by Crippen LogP contribution is 2.21. The summed E-state index contributed by atoms with van der Waals surface area (Å²) < 4.78 is 0. The number of fused-ring (bicyclic) bond motifs is 1. The fourth-order valence-corrected chi connectivity index (χ4v) is 1.69. The third-order valence-corrected chi connectivity index (χ3v) is 3.08. The van der Waals surface area contributed by atoms with Crippen LogP contribution in [0.1, 0.15) is 31.7 Å². The molecule has 2 aromatic heterocycles. The molecule has 0 spiro atoms. The van der Waals surface area contributed by atoms with E-state index in [4.69, 9.17) is 11.6 Å². The summed E-state index contributed by atoms with van der Waals surface area (Å²) in [6.07, 6.45) is 0.987. The molecule has 0 radical (unpaired) electrons. The van der Waals surface area contributed by atoms with Crippen molar-refractivity contribution in [1.29, 1.82) is 0 Å². The van der Waals surface area contributed by atoms with Gasteiger partial charge in [-0.2, -0.15) is 9.97 Å². The second-order valence-electron chi connectivity index (χ2n) is 4.36. The zero-order chi connectivity index (χ0) is 13.3. The summed E-state index contributed by atoms with van der Waals surface area (Å²) >= 11 is 5.91. The van der Waals surface area contributed by atoms with Crippen LogP contribution in [0.25, 0.3) is 11.2 Å². The van der Waals surface area contributed by atoms with Gasteiger partial charge in [-0.1, -0.05) is 6.92 Å². The van der Waals surface area contributed by atoms with Crippen molar-refractivity contribution in [3.05, 3.63) is 16.7 Å². The van der Waals surface area contributed by atoms with Gasteiger partial charge in [-0.3, -0.25) is 0 Å². The van der Waals surface area contributed by atoms with E-state index in [2.05, 4.69) is 39.1 Å². The summed E-state index contributed by atoms with van der Waals surface area (Å²) in [4.78, 5) is 17.2. The van der Waals surface area contributed by atoms with E-state index >= 15 is 0 Å². The Morgan fingerprint density at radius 3 is 2.44 bits per heavy atom. The Morgan fingerprint density at radius 1 is 1.11 bits per heavy atom. The first-order valence-electron chi connectivity index (χ1n) is 5.96. The lowest BCUT2D eigenvalue weighted by atomic mass is 10.2. The molecule has 5 nitrogen and oxygen atoms in total. The lowest BCUT2D eigenvalue weighted by Crippen LogP contribution is -2.16. The van der Waals surface area contributed by atoms with Gasteiger partial charge in [0, 0.05) is 6.04 Å². The number of hydrogen-bond donors (Lipinski definition) is 1. The molecular formula is C12H16ClN5. The molecule has 96 valence electrons. The smallest absolute Gasteiger partial charge is 0.226 e. The Hall–Kier alpha value is -1.49. The number of nitrogens with zero attached hydrogens (tertiary/aromatic N) is 4.